The van der Waals surface area contributed by atoms with Crippen molar-refractivity contribution >= 4 is 6.29 Å². The van der Waals surface area contributed by atoms with Gasteiger partial charge in [-0.3, -0.25) is 4.79 Å². The molecule has 18 heavy (non-hydrogen) atoms. The van der Waals surface area contributed by atoms with E-state index in [2.05, 4.69) is 0 Å². The number of carbonyl (C=O) groups is 1. The van der Waals surface area contributed by atoms with Crippen molar-refractivity contribution in [3.05, 3.63) is 59.2 Å². The van der Waals surface area contributed by atoms with Crippen molar-refractivity contribution in [3.8, 4) is 11.5 Å². The second-order valence-electron chi connectivity index (χ2n) is 4.02. The summed E-state index contributed by atoms with van der Waals surface area (Å²) in [5.41, 5.74) is 1.91. The van der Waals surface area contributed by atoms with Crippen molar-refractivity contribution in [1.29, 1.82) is 0 Å². The van der Waals surface area contributed by atoms with Gasteiger partial charge in [-0.1, -0.05) is 30.3 Å². The first-order valence-corrected chi connectivity index (χ1v) is 5.67. The Kier molecular flexibility index (Phi) is 3.63. The van der Waals surface area contributed by atoms with E-state index >= 15 is 0 Å². The normalized spacial score (nSPS) is 10.1. The SMILES string of the molecule is Cc1c(OCc2ccccc2)ccc(C=O)c1O. The first kappa shape index (κ1) is 12.2. The third-order valence-corrected chi connectivity index (χ3v) is 2.78. The summed E-state index contributed by atoms with van der Waals surface area (Å²) in [6.07, 6.45) is 0.628. The van der Waals surface area contributed by atoms with E-state index < -0.39 is 0 Å². The molecule has 0 saturated carbocycles. The van der Waals surface area contributed by atoms with Gasteiger partial charge in [0.05, 0.1) is 5.56 Å². The third kappa shape index (κ3) is 2.51. The van der Waals surface area contributed by atoms with Gasteiger partial charge in [-0.05, 0) is 24.6 Å². The highest BCUT2D eigenvalue weighted by molar-refractivity contribution is 5.80. The smallest absolute Gasteiger partial charge is 0.153 e. The molecule has 0 heterocycles. The Hall–Kier alpha value is -2.29. The highest BCUT2D eigenvalue weighted by Gasteiger charge is 2.09. The summed E-state index contributed by atoms with van der Waals surface area (Å²) in [5, 5.41) is 9.76. The van der Waals surface area contributed by atoms with Gasteiger partial charge in [0, 0.05) is 5.56 Å². The molecule has 1 N–H and O–H groups in total. The highest BCUT2D eigenvalue weighted by atomic mass is 16.5. The van der Waals surface area contributed by atoms with Crippen LogP contribution in [0.15, 0.2) is 42.5 Å². The standard InChI is InChI=1S/C15H14O3/c1-11-14(8-7-13(9-16)15(11)17)18-10-12-5-3-2-4-6-12/h2-9,17H,10H2,1H3. The monoisotopic (exact) mass is 242 g/mol. The van der Waals surface area contributed by atoms with Crippen LogP contribution in [0.4, 0.5) is 0 Å². The van der Waals surface area contributed by atoms with E-state index in [0.717, 1.165) is 5.56 Å². The van der Waals surface area contributed by atoms with E-state index in [4.69, 9.17) is 4.74 Å². The molecule has 2 rings (SSSR count). The lowest BCUT2D eigenvalue weighted by atomic mass is 10.1. The van der Waals surface area contributed by atoms with Gasteiger partial charge in [0.15, 0.2) is 6.29 Å². The number of aromatic hydroxyl groups is 1. The average molecular weight is 242 g/mol. The molecule has 0 amide bonds. The lowest BCUT2D eigenvalue weighted by Crippen LogP contribution is -1.98. The molecular weight excluding hydrogens is 228 g/mol. The van der Waals surface area contributed by atoms with Crippen molar-refractivity contribution in [2.75, 3.05) is 0 Å². The lowest BCUT2D eigenvalue weighted by Gasteiger charge is -2.11. The number of ether oxygens (including phenoxy) is 1. The van der Waals surface area contributed by atoms with Crippen molar-refractivity contribution < 1.29 is 14.6 Å². The first-order valence-electron chi connectivity index (χ1n) is 5.67. The molecule has 0 aliphatic carbocycles. The summed E-state index contributed by atoms with van der Waals surface area (Å²) >= 11 is 0. The second-order valence-corrected chi connectivity index (χ2v) is 4.02. The maximum absolute atomic E-state index is 10.7. The van der Waals surface area contributed by atoms with E-state index in [1.54, 1.807) is 19.1 Å². The molecule has 0 saturated heterocycles. The Labute approximate surface area is 106 Å². The minimum Gasteiger partial charge on any atom is -0.507 e. The molecule has 0 spiro atoms. The van der Waals surface area contributed by atoms with Crippen LogP contribution in [0.3, 0.4) is 0 Å². The molecule has 0 atom stereocenters. The minimum absolute atomic E-state index is 0.0180. The van der Waals surface area contributed by atoms with Gasteiger partial charge in [-0.15, -0.1) is 0 Å². The van der Waals surface area contributed by atoms with Gasteiger partial charge in [-0.25, -0.2) is 0 Å². The molecule has 2 aromatic rings. The van der Waals surface area contributed by atoms with Crippen LogP contribution in [0, 0.1) is 6.92 Å². The summed E-state index contributed by atoms with van der Waals surface area (Å²) in [7, 11) is 0. The summed E-state index contributed by atoms with van der Waals surface area (Å²) < 4.78 is 5.63. The molecule has 0 aliphatic rings. The fourth-order valence-electron chi connectivity index (χ4n) is 1.69. The number of phenolic OH excluding ortho intramolecular Hbond substituents is 1. The van der Waals surface area contributed by atoms with Crippen LogP contribution in [0.1, 0.15) is 21.5 Å². The topological polar surface area (TPSA) is 46.5 Å². The Morgan fingerprint density at radius 3 is 2.56 bits per heavy atom. The number of hydrogen-bond acceptors (Lipinski definition) is 3. The summed E-state index contributed by atoms with van der Waals surface area (Å²) in [6, 6.07) is 13.0. The van der Waals surface area contributed by atoms with Crippen molar-refractivity contribution in [1.82, 2.24) is 0 Å². The third-order valence-electron chi connectivity index (χ3n) is 2.78. The van der Waals surface area contributed by atoms with Gasteiger partial charge in [-0.2, -0.15) is 0 Å². The Bertz CT molecular complexity index is 547. The highest BCUT2D eigenvalue weighted by Crippen LogP contribution is 2.29. The molecule has 0 unspecified atom stereocenters. The fraction of sp³-hybridized carbons (Fsp3) is 0.133. The fourth-order valence-corrected chi connectivity index (χ4v) is 1.69. The molecular formula is C15H14O3. The van der Waals surface area contributed by atoms with Crippen molar-refractivity contribution in [2.24, 2.45) is 0 Å². The maximum Gasteiger partial charge on any atom is 0.153 e. The second kappa shape index (κ2) is 5.36. The van der Waals surface area contributed by atoms with Crippen LogP contribution in [-0.2, 0) is 6.61 Å². The molecule has 3 nitrogen and oxygen atoms in total. The Morgan fingerprint density at radius 1 is 1.17 bits per heavy atom. The number of rotatable bonds is 4. The molecule has 3 heteroatoms. The number of carbonyl (C=O) groups excluding carboxylic acids is 1. The summed E-state index contributed by atoms with van der Waals surface area (Å²) in [4.78, 5) is 10.7. The first-order chi connectivity index (χ1) is 8.72. The van der Waals surface area contributed by atoms with Crippen LogP contribution >= 0.6 is 0 Å². The van der Waals surface area contributed by atoms with Gasteiger partial charge >= 0.3 is 0 Å². The number of phenols is 1. The minimum atomic E-state index is -0.0180. The van der Waals surface area contributed by atoms with Crippen LogP contribution in [-0.4, -0.2) is 11.4 Å². The maximum atomic E-state index is 10.7. The van der Waals surface area contributed by atoms with Crippen LogP contribution in [0.25, 0.3) is 0 Å². The largest absolute Gasteiger partial charge is 0.507 e. The summed E-state index contributed by atoms with van der Waals surface area (Å²) in [5.74, 6) is 0.567. The summed E-state index contributed by atoms with van der Waals surface area (Å²) in [6.45, 7) is 2.16. The molecule has 0 bridgehead atoms. The molecule has 0 aliphatic heterocycles. The number of benzene rings is 2. The van der Waals surface area contributed by atoms with Crippen LogP contribution in [0.5, 0.6) is 11.5 Å². The predicted molar refractivity (Wildman–Crippen MR) is 69.0 cm³/mol. The van der Waals surface area contributed by atoms with E-state index in [1.807, 2.05) is 30.3 Å². The van der Waals surface area contributed by atoms with Gasteiger partial charge in [0.2, 0.25) is 0 Å². The van der Waals surface area contributed by atoms with Crippen molar-refractivity contribution in [3.63, 3.8) is 0 Å². The van der Waals surface area contributed by atoms with E-state index in [0.29, 0.717) is 24.2 Å². The average Bonchev–Trinajstić information content (AvgIpc) is 2.42. The lowest BCUT2D eigenvalue weighted by molar-refractivity contribution is 0.112. The zero-order chi connectivity index (χ0) is 13.0. The number of hydrogen-bond donors (Lipinski definition) is 1. The zero-order valence-electron chi connectivity index (χ0n) is 10.1. The van der Waals surface area contributed by atoms with Crippen LogP contribution < -0.4 is 4.74 Å². The quantitative estimate of drug-likeness (QED) is 0.838. The number of aldehydes is 1. The molecule has 92 valence electrons. The van der Waals surface area contributed by atoms with E-state index in [-0.39, 0.29) is 11.3 Å². The zero-order valence-corrected chi connectivity index (χ0v) is 10.1. The molecule has 0 fully saturated rings. The van der Waals surface area contributed by atoms with Gasteiger partial charge < -0.3 is 9.84 Å². The molecule has 0 radical (unpaired) electrons. The molecule has 2 aromatic carbocycles. The Balaban J connectivity index is 2.15. The van der Waals surface area contributed by atoms with E-state index in [1.165, 1.54) is 0 Å². The Morgan fingerprint density at radius 2 is 1.89 bits per heavy atom. The van der Waals surface area contributed by atoms with Crippen LogP contribution in [0.2, 0.25) is 0 Å². The molecule has 0 aromatic heterocycles. The predicted octanol–water partition coefficient (Wildman–Crippen LogP) is 3.09. The van der Waals surface area contributed by atoms with Gasteiger partial charge in [0.1, 0.15) is 18.1 Å². The van der Waals surface area contributed by atoms with E-state index in [9.17, 15) is 9.90 Å². The van der Waals surface area contributed by atoms with Crippen molar-refractivity contribution in [2.45, 2.75) is 13.5 Å². The van der Waals surface area contributed by atoms with Gasteiger partial charge in [0.25, 0.3) is 0 Å².